The average molecular weight is 265 g/mol. The van der Waals surface area contributed by atoms with Gasteiger partial charge in [0.05, 0.1) is 29.0 Å². The van der Waals surface area contributed by atoms with E-state index in [1.807, 2.05) is 32.0 Å². The van der Waals surface area contributed by atoms with Gasteiger partial charge in [0.1, 0.15) is 17.6 Å². The maximum absolute atomic E-state index is 9.08. The summed E-state index contributed by atoms with van der Waals surface area (Å²) < 4.78 is 0. The van der Waals surface area contributed by atoms with Crippen LogP contribution < -0.4 is 0 Å². The van der Waals surface area contributed by atoms with E-state index >= 15 is 0 Å². The number of aromatic amines is 2. The molecule has 3 rings (SSSR count). The van der Waals surface area contributed by atoms with Crippen LogP contribution >= 0.6 is 0 Å². The zero-order valence-electron chi connectivity index (χ0n) is 11.4. The van der Waals surface area contributed by atoms with Gasteiger partial charge in [0.25, 0.3) is 0 Å². The Morgan fingerprint density at radius 1 is 1.35 bits per heavy atom. The Labute approximate surface area is 116 Å². The van der Waals surface area contributed by atoms with Crippen molar-refractivity contribution < 1.29 is 0 Å². The zero-order valence-corrected chi connectivity index (χ0v) is 11.4. The summed E-state index contributed by atoms with van der Waals surface area (Å²) in [4.78, 5) is 15.2. The van der Waals surface area contributed by atoms with E-state index in [1.165, 1.54) is 0 Å². The number of fused-ring (bicyclic) bond motifs is 1. The normalized spacial score (nSPS) is 12.4. The quantitative estimate of drug-likeness (QED) is 0.762. The predicted octanol–water partition coefficient (Wildman–Crippen LogP) is 3.28. The van der Waals surface area contributed by atoms with Crippen LogP contribution in [0.2, 0.25) is 0 Å². The minimum Gasteiger partial charge on any atom is -0.342 e. The fourth-order valence-corrected chi connectivity index (χ4v) is 2.31. The van der Waals surface area contributed by atoms with E-state index in [1.54, 1.807) is 6.20 Å². The predicted molar refractivity (Wildman–Crippen MR) is 77.1 cm³/mol. The molecule has 1 unspecified atom stereocenters. The second kappa shape index (κ2) is 4.82. The first kappa shape index (κ1) is 12.4. The van der Waals surface area contributed by atoms with E-state index in [0.29, 0.717) is 0 Å². The van der Waals surface area contributed by atoms with Crippen LogP contribution in [0.25, 0.3) is 22.3 Å². The number of hydrogen-bond acceptors (Lipinski definition) is 3. The number of nitrogens with one attached hydrogen (secondary N) is 2. The van der Waals surface area contributed by atoms with Crippen LogP contribution in [0.4, 0.5) is 0 Å². The third kappa shape index (κ3) is 2.05. The van der Waals surface area contributed by atoms with Crippen LogP contribution in [0.5, 0.6) is 0 Å². The van der Waals surface area contributed by atoms with Crippen LogP contribution in [0.15, 0.2) is 24.4 Å². The topological polar surface area (TPSA) is 81.2 Å². The van der Waals surface area contributed by atoms with Gasteiger partial charge in [-0.3, -0.25) is 0 Å². The minimum atomic E-state index is -0.179. The first-order valence-electron chi connectivity index (χ1n) is 6.62. The SMILES string of the molecule is CCC(C#N)c1ncc(-c2ccc3nc(C)[nH]c3c2)[nH]1. The van der Waals surface area contributed by atoms with Crippen LogP contribution in [-0.2, 0) is 0 Å². The molecule has 2 aromatic heterocycles. The third-order valence-corrected chi connectivity index (χ3v) is 3.40. The molecule has 0 bridgehead atoms. The molecule has 0 aliphatic rings. The van der Waals surface area contributed by atoms with Crippen molar-refractivity contribution in [2.45, 2.75) is 26.2 Å². The van der Waals surface area contributed by atoms with Crippen molar-refractivity contribution in [3.63, 3.8) is 0 Å². The highest BCUT2D eigenvalue weighted by molar-refractivity contribution is 5.81. The highest BCUT2D eigenvalue weighted by atomic mass is 14.9. The smallest absolute Gasteiger partial charge is 0.123 e. The van der Waals surface area contributed by atoms with E-state index in [2.05, 4.69) is 26.0 Å². The van der Waals surface area contributed by atoms with Crippen molar-refractivity contribution in [3.05, 3.63) is 36.0 Å². The van der Waals surface area contributed by atoms with E-state index in [4.69, 9.17) is 5.26 Å². The van der Waals surface area contributed by atoms with Gasteiger partial charge in [-0.2, -0.15) is 5.26 Å². The van der Waals surface area contributed by atoms with Crippen molar-refractivity contribution in [1.29, 1.82) is 5.26 Å². The summed E-state index contributed by atoms with van der Waals surface area (Å²) in [5.74, 6) is 1.45. The van der Waals surface area contributed by atoms with E-state index in [-0.39, 0.29) is 5.92 Å². The van der Waals surface area contributed by atoms with Gasteiger partial charge < -0.3 is 9.97 Å². The standard InChI is InChI=1S/C15H15N5/c1-3-10(7-16)15-17-8-14(20-15)11-4-5-12-13(6-11)19-9(2)18-12/h4-6,8,10H,3H2,1-2H3,(H,17,20)(H,18,19). The van der Waals surface area contributed by atoms with E-state index < -0.39 is 0 Å². The minimum absolute atomic E-state index is 0.179. The molecular formula is C15H15N5. The van der Waals surface area contributed by atoms with Crippen molar-refractivity contribution in [1.82, 2.24) is 19.9 Å². The van der Waals surface area contributed by atoms with Gasteiger partial charge in [0.2, 0.25) is 0 Å². The van der Waals surface area contributed by atoms with Crippen LogP contribution in [0.3, 0.4) is 0 Å². The summed E-state index contributed by atoms with van der Waals surface area (Å²) in [7, 11) is 0. The summed E-state index contributed by atoms with van der Waals surface area (Å²) in [6, 6.07) is 8.29. The molecule has 0 saturated heterocycles. The Bertz CT molecular complexity index is 790. The van der Waals surface area contributed by atoms with E-state index in [0.717, 1.165) is 40.4 Å². The number of benzene rings is 1. The summed E-state index contributed by atoms with van der Waals surface area (Å²) in [6.07, 6.45) is 2.53. The Morgan fingerprint density at radius 3 is 2.95 bits per heavy atom. The molecular weight excluding hydrogens is 250 g/mol. The molecule has 1 aromatic carbocycles. The summed E-state index contributed by atoms with van der Waals surface area (Å²) in [5, 5.41) is 9.08. The maximum Gasteiger partial charge on any atom is 0.123 e. The summed E-state index contributed by atoms with van der Waals surface area (Å²) in [5.41, 5.74) is 3.91. The highest BCUT2D eigenvalue weighted by Gasteiger charge is 2.13. The highest BCUT2D eigenvalue weighted by Crippen LogP contribution is 2.24. The molecule has 5 heteroatoms. The second-order valence-electron chi connectivity index (χ2n) is 4.83. The molecule has 0 aliphatic carbocycles. The molecule has 0 spiro atoms. The molecule has 3 aromatic rings. The number of aromatic nitrogens is 4. The molecule has 0 saturated carbocycles. The van der Waals surface area contributed by atoms with Crippen LogP contribution in [-0.4, -0.2) is 19.9 Å². The lowest BCUT2D eigenvalue weighted by Gasteiger charge is -2.01. The number of H-pyrrole nitrogens is 2. The Morgan fingerprint density at radius 2 is 2.20 bits per heavy atom. The van der Waals surface area contributed by atoms with Gasteiger partial charge in [-0.15, -0.1) is 0 Å². The van der Waals surface area contributed by atoms with Crippen molar-refractivity contribution in [3.8, 4) is 17.3 Å². The monoisotopic (exact) mass is 265 g/mol. The van der Waals surface area contributed by atoms with Crippen LogP contribution in [0.1, 0.15) is 30.9 Å². The van der Waals surface area contributed by atoms with Gasteiger partial charge in [-0.05, 0) is 25.5 Å². The maximum atomic E-state index is 9.08. The Kier molecular flexibility index (Phi) is 2.99. The van der Waals surface area contributed by atoms with Gasteiger partial charge in [-0.25, -0.2) is 9.97 Å². The fraction of sp³-hybridized carbons (Fsp3) is 0.267. The molecule has 100 valence electrons. The van der Waals surface area contributed by atoms with Crippen molar-refractivity contribution in [2.75, 3.05) is 0 Å². The molecule has 0 fully saturated rings. The van der Waals surface area contributed by atoms with Crippen LogP contribution in [0, 0.1) is 18.3 Å². The molecule has 2 heterocycles. The fourth-order valence-electron chi connectivity index (χ4n) is 2.31. The third-order valence-electron chi connectivity index (χ3n) is 3.40. The van der Waals surface area contributed by atoms with Gasteiger partial charge in [0, 0.05) is 5.56 Å². The Hall–Kier alpha value is -2.61. The molecule has 0 radical (unpaired) electrons. The number of aryl methyl sites for hydroxylation is 1. The number of nitriles is 1. The second-order valence-corrected chi connectivity index (χ2v) is 4.83. The average Bonchev–Trinajstić information content (AvgIpc) is 3.05. The summed E-state index contributed by atoms with van der Waals surface area (Å²) in [6.45, 7) is 3.92. The molecule has 1 atom stereocenters. The lowest BCUT2D eigenvalue weighted by molar-refractivity contribution is 0.766. The summed E-state index contributed by atoms with van der Waals surface area (Å²) >= 11 is 0. The lowest BCUT2D eigenvalue weighted by atomic mass is 10.1. The Balaban J connectivity index is 2.00. The molecule has 0 aliphatic heterocycles. The first-order valence-corrected chi connectivity index (χ1v) is 6.62. The largest absolute Gasteiger partial charge is 0.342 e. The first-order chi connectivity index (χ1) is 9.71. The van der Waals surface area contributed by atoms with E-state index in [9.17, 15) is 0 Å². The van der Waals surface area contributed by atoms with Gasteiger partial charge in [0.15, 0.2) is 0 Å². The molecule has 2 N–H and O–H groups in total. The van der Waals surface area contributed by atoms with Crippen molar-refractivity contribution in [2.24, 2.45) is 0 Å². The molecule has 5 nitrogen and oxygen atoms in total. The number of hydrogen-bond donors (Lipinski definition) is 2. The number of nitrogens with zero attached hydrogens (tertiary/aromatic N) is 3. The van der Waals surface area contributed by atoms with Gasteiger partial charge >= 0.3 is 0 Å². The molecule has 0 amide bonds. The number of rotatable bonds is 3. The number of imidazole rings is 2. The zero-order chi connectivity index (χ0) is 14.1. The molecule has 20 heavy (non-hydrogen) atoms. The lowest BCUT2D eigenvalue weighted by Crippen LogP contribution is -1.95. The van der Waals surface area contributed by atoms with Crippen molar-refractivity contribution >= 4 is 11.0 Å². The van der Waals surface area contributed by atoms with Gasteiger partial charge in [-0.1, -0.05) is 13.0 Å².